The highest BCUT2D eigenvalue weighted by Crippen LogP contribution is 2.28. The molecule has 11 heteroatoms. The van der Waals surface area contributed by atoms with Crippen molar-refractivity contribution in [3.63, 3.8) is 0 Å². The highest BCUT2D eigenvalue weighted by molar-refractivity contribution is 5.76. The molecule has 1 fully saturated rings. The third-order valence-corrected chi connectivity index (χ3v) is 6.46. The van der Waals surface area contributed by atoms with E-state index in [0.717, 1.165) is 41.8 Å². The van der Waals surface area contributed by atoms with E-state index in [1.807, 2.05) is 24.3 Å². The normalized spacial score (nSPS) is 15.5. The van der Waals surface area contributed by atoms with Gasteiger partial charge in [0.1, 0.15) is 5.75 Å². The molecule has 3 heterocycles. The number of fused-ring (bicyclic) bond motifs is 1. The van der Waals surface area contributed by atoms with Gasteiger partial charge in [-0.1, -0.05) is 12.1 Å². The highest BCUT2D eigenvalue weighted by Gasteiger charge is 2.37. The van der Waals surface area contributed by atoms with Crippen LogP contribution in [0.25, 0.3) is 5.78 Å². The SMILES string of the molecule is COc1cccc([C@H](CNC(=O)CCc2c(C)nc3nc(C(F)(F)F)nn3c2C)N2CCCC2)c1. The number of benzene rings is 1. The number of nitrogens with zero attached hydrogens (tertiary/aromatic N) is 5. The lowest BCUT2D eigenvalue weighted by molar-refractivity contribution is -0.144. The number of alkyl halides is 3. The zero-order valence-electron chi connectivity index (χ0n) is 20.0. The lowest BCUT2D eigenvalue weighted by atomic mass is 10.0. The van der Waals surface area contributed by atoms with Gasteiger partial charge in [0.05, 0.1) is 13.2 Å². The molecule has 2 aromatic heterocycles. The summed E-state index contributed by atoms with van der Waals surface area (Å²) in [5, 5.41) is 6.61. The number of carbonyl (C=O) groups is 1. The number of hydrogen-bond donors (Lipinski definition) is 1. The number of rotatable bonds is 8. The van der Waals surface area contributed by atoms with Gasteiger partial charge in [0.2, 0.25) is 5.91 Å². The lowest BCUT2D eigenvalue weighted by Gasteiger charge is -2.28. The molecular formula is C24H29F3N6O2. The van der Waals surface area contributed by atoms with Crippen molar-refractivity contribution in [3.05, 3.63) is 52.6 Å². The Morgan fingerprint density at radius 3 is 2.63 bits per heavy atom. The number of likely N-dealkylation sites (tertiary alicyclic amines) is 1. The summed E-state index contributed by atoms with van der Waals surface area (Å²) in [4.78, 5) is 22.8. The van der Waals surface area contributed by atoms with Gasteiger partial charge in [-0.25, -0.2) is 9.50 Å². The lowest BCUT2D eigenvalue weighted by Crippen LogP contribution is -2.37. The van der Waals surface area contributed by atoms with E-state index in [-0.39, 0.29) is 24.1 Å². The van der Waals surface area contributed by atoms with Gasteiger partial charge in [0, 0.05) is 24.4 Å². The van der Waals surface area contributed by atoms with Crippen molar-refractivity contribution in [3.8, 4) is 5.75 Å². The molecular weight excluding hydrogens is 461 g/mol. The molecule has 1 amide bonds. The minimum absolute atomic E-state index is 0.0361. The monoisotopic (exact) mass is 490 g/mol. The van der Waals surface area contributed by atoms with E-state index in [2.05, 4.69) is 25.3 Å². The molecule has 0 saturated carbocycles. The molecule has 1 N–H and O–H groups in total. The maximum atomic E-state index is 13.0. The Bertz CT molecular complexity index is 1200. The van der Waals surface area contributed by atoms with Crippen LogP contribution in [0.4, 0.5) is 13.2 Å². The Morgan fingerprint density at radius 1 is 1.20 bits per heavy atom. The molecule has 1 aliphatic heterocycles. The van der Waals surface area contributed by atoms with Gasteiger partial charge in [-0.05, 0) is 69.5 Å². The van der Waals surface area contributed by atoms with Crippen LogP contribution in [0, 0.1) is 13.8 Å². The molecule has 3 aromatic rings. The minimum atomic E-state index is -4.65. The second-order valence-electron chi connectivity index (χ2n) is 8.75. The molecule has 188 valence electrons. The van der Waals surface area contributed by atoms with Crippen molar-refractivity contribution in [2.75, 3.05) is 26.7 Å². The van der Waals surface area contributed by atoms with E-state index in [1.54, 1.807) is 21.0 Å². The predicted octanol–water partition coefficient (Wildman–Crippen LogP) is 3.65. The average molecular weight is 491 g/mol. The summed E-state index contributed by atoms with van der Waals surface area (Å²) in [5.41, 5.74) is 2.81. The zero-order chi connectivity index (χ0) is 25.2. The number of methoxy groups -OCH3 is 1. The molecule has 1 saturated heterocycles. The van der Waals surface area contributed by atoms with Gasteiger partial charge < -0.3 is 10.1 Å². The highest BCUT2D eigenvalue weighted by atomic mass is 19.4. The van der Waals surface area contributed by atoms with Crippen LogP contribution in [-0.4, -0.2) is 57.1 Å². The fraction of sp³-hybridized carbons (Fsp3) is 0.500. The number of ether oxygens (including phenoxy) is 1. The van der Waals surface area contributed by atoms with Crippen molar-refractivity contribution < 1.29 is 22.7 Å². The van der Waals surface area contributed by atoms with Crippen molar-refractivity contribution in [1.82, 2.24) is 29.8 Å². The Balaban J connectivity index is 1.44. The van der Waals surface area contributed by atoms with Crippen LogP contribution in [0.2, 0.25) is 0 Å². The molecule has 0 aliphatic carbocycles. The standard InChI is InChI=1S/C24H29F3N6O2/c1-15-19(16(2)33-23(29-15)30-22(31-33)24(25,26)27)9-10-21(34)28-14-20(32-11-4-5-12-32)17-7-6-8-18(13-17)35-3/h6-8,13,20H,4-5,9-12,14H2,1-3H3,(H,28,34)/t20-/m0/s1. The third-order valence-electron chi connectivity index (χ3n) is 6.46. The second-order valence-corrected chi connectivity index (χ2v) is 8.75. The van der Waals surface area contributed by atoms with Crippen molar-refractivity contribution in [2.45, 2.75) is 51.7 Å². The smallest absolute Gasteiger partial charge is 0.453 e. The van der Waals surface area contributed by atoms with Crippen LogP contribution >= 0.6 is 0 Å². The summed E-state index contributed by atoms with van der Waals surface area (Å²) in [6.07, 6.45) is -1.88. The number of nitrogens with one attached hydrogen (secondary N) is 1. The maximum absolute atomic E-state index is 13.0. The average Bonchev–Trinajstić information content (AvgIpc) is 3.49. The van der Waals surface area contributed by atoms with E-state index in [9.17, 15) is 18.0 Å². The Kier molecular flexibility index (Phi) is 7.25. The van der Waals surface area contributed by atoms with Gasteiger partial charge >= 0.3 is 6.18 Å². The first-order valence-corrected chi connectivity index (χ1v) is 11.6. The van der Waals surface area contributed by atoms with Crippen molar-refractivity contribution >= 4 is 11.7 Å². The number of carbonyl (C=O) groups excluding carboxylic acids is 1. The van der Waals surface area contributed by atoms with Gasteiger partial charge in [0.25, 0.3) is 11.6 Å². The fourth-order valence-corrected chi connectivity index (χ4v) is 4.59. The first-order valence-electron chi connectivity index (χ1n) is 11.6. The van der Waals surface area contributed by atoms with Gasteiger partial charge in [-0.15, -0.1) is 5.10 Å². The van der Waals surface area contributed by atoms with Crippen molar-refractivity contribution in [1.29, 1.82) is 0 Å². The molecule has 4 rings (SSSR count). The number of halogens is 3. The van der Waals surface area contributed by atoms with Crippen LogP contribution in [0.3, 0.4) is 0 Å². The number of aromatic nitrogens is 4. The first-order chi connectivity index (χ1) is 16.7. The summed E-state index contributed by atoms with van der Waals surface area (Å²) in [5.74, 6) is -0.695. The fourth-order valence-electron chi connectivity index (χ4n) is 4.59. The molecule has 0 unspecified atom stereocenters. The van der Waals surface area contributed by atoms with E-state index < -0.39 is 12.0 Å². The third kappa shape index (κ3) is 5.55. The second kappa shape index (κ2) is 10.2. The largest absolute Gasteiger partial charge is 0.497 e. The molecule has 8 nitrogen and oxygen atoms in total. The molecule has 1 aromatic carbocycles. The van der Waals surface area contributed by atoms with Crippen LogP contribution in [-0.2, 0) is 17.4 Å². The molecule has 35 heavy (non-hydrogen) atoms. The van der Waals surface area contributed by atoms with Crippen LogP contribution < -0.4 is 10.1 Å². The summed E-state index contributed by atoms with van der Waals surface area (Å²) in [6.45, 7) is 5.77. The van der Waals surface area contributed by atoms with Crippen molar-refractivity contribution in [2.24, 2.45) is 0 Å². The van der Waals surface area contributed by atoms with Gasteiger partial charge in [-0.3, -0.25) is 9.69 Å². The zero-order valence-corrected chi connectivity index (χ0v) is 20.0. The van der Waals surface area contributed by atoms with Crippen LogP contribution in [0.1, 0.15) is 53.6 Å². The summed E-state index contributed by atoms with van der Waals surface area (Å²) < 4.78 is 45.5. The number of aryl methyl sites for hydroxylation is 2. The van der Waals surface area contributed by atoms with E-state index in [1.165, 1.54) is 0 Å². The molecule has 0 bridgehead atoms. The molecule has 0 spiro atoms. The van der Waals surface area contributed by atoms with Gasteiger partial charge in [0.15, 0.2) is 0 Å². The van der Waals surface area contributed by atoms with E-state index >= 15 is 0 Å². The predicted molar refractivity (Wildman–Crippen MR) is 123 cm³/mol. The van der Waals surface area contributed by atoms with E-state index in [4.69, 9.17) is 4.74 Å². The molecule has 0 radical (unpaired) electrons. The number of amides is 1. The Hall–Kier alpha value is -3.21. The maximum Gasteiger partial charge on any atom is 0.453 e. The number of hydrogen-bond acceptors (Lipinski definition) is 6. The topological polar surface area (TPSA) is 84.6 Å². The van der Waals surface area contributed by atoms with Crippen LogP contribution in [0.5, 0.6) is 5.75 Å². The summed E-state index contributed by atoms with van der Waals surface area (Å²) in [7, 11) is 1.63. The summed E-state index contributed by atoms with van der Waals surface area (Å²) in [6, 6.07) is 7.91. The van der Waals surface area contributed by atoms with E-state index in [0.29, 0.717) is 29.9 Å². The molecule has 1 aliphatic rings. The quantitative estimate of drug-likeness (QED) is 0.519. The van der Waals surface area contributed by atoms with Crippen LogP contribution in [0.15, 0.2) is 24.3 Å². The summed E-state index contributed by atoms with van der Waals surface area (Å²) >= 11 is 0. The Morgan fingerprint density at radius 2 is 1.94 bits per heavy atom. The Labute approximate surface area is 201 Å². The first kappa shape index (κ1) is 24.9. The van der Waals surface area contributed by atoms with Gasteiger partial charge in [-0.2, -0.15) is 18.2 Å². The minimum Gasteiger partial charge on any atom is -0.497 e. The molecule has 1 atom stereocenters.